The monoisotopic (exact) mass is 170 g/mol. The molecule has 2 fully saturated rings. The van der Waals surface area contributed by atoms with Gasteiger partial charge in [-0.05, 0) is 31.6 Å². The Labute approximate surface area is 71.7 Å². The van der Waals surface area contributed by atoms with Gasteiger partial charge in [-0.2, -0.15) is 0 Å². The van der Waals surface area contributed by atoms with Crippen LogP contribution in [0.5, 0.6) is 0 Å². The molecular weight excluding hydrogens is 156 g/mol. The maximum atomic E-state index is 10.5. The largest absolute Gasteiger partial charge is 0.481 e. The Hall–Kier alpha value is -0.570. The van der Waals surface area contributed by atoms with Crippen molar-refractivity contribution < 1.29 is 14.6 Å². The van der Waals surface area contributed by atoms with E-state index in [-0.39, 0.29) is 0 Å². The SMILES string of the molecule is O=C(O)CC1C[C@H]2CC[C@@H](C1)O2. The minimum absolute atomic E-state index is 0.330. The van der Waals surface area contributed by atoms with E-state index in [4.69, 9.17) is 9.84 Å². The first-order chi connectivity index (χ1) is 5.74. The van der Waals surface area contributed by atoms with Crippen LogP contribution >= 0.6 is 0 Å². The highest BCUT2D eigenvalue weighted by Crippen LogP contribution is 2.37. The highest BCUT2D eigenvalue weighted by Gasteiger charge is 2.35. The van der Waals surface area contributed by atoms with Crippen molar-refractivity contribution >= 4 is 5.97 Å². The fourth-order valence-electron chi connectivity index (χ4n) is 2.38. The first-order valence-corrected chi connectivity index (χ1v) is 4.61. The van der Waals surface area contributed by atoms with Gasteiger partial charge in [0.25, 0.3) is 0 Å². The average Bonchev–Trinajstić information content (AvgIpc) is 2.29. The maximum absolute atomic E-state index is 10.5. The zero-order valence-electron chi connectivity index (χ0n) is 7.03. The molecule has 1 unspecified atom stereocenters. The van der Waals surface area contributed by atoms with Gasteiger partial charge in [-0.15, -0.1) is 0 Å². The van der Waals surface area contributed by atoms with Crippen LogP contribution in [0.3, 0.4) is 0 Å². The molecule has 3 heteroatoms. The van der Waals surface area contributed by atoms with Crippen molar-refractivity contribution in [3.63, 3.8) is 0 Å². The van der Waals surface area contributed by atoms with Gasteiger partial charge in [0.1, 0.15) is 0 Å². The Morgan fingerprint density at radius 1 is 1.33 bits per heavy atom. The highest BCUT2D eigenvalue weighted by molar-refractivity contribution is 5.67. The topological polar surface area (TPSA) is 46.5 Å². The van der Waals surface area contributed by atoms with Gasteiger partial charge in [-0.3, -0.25) is 4.79 Å². The molecule has 68 valence electrons. The maximum Gasteiger partial charge on any atom is 0.303 e. The van der Waals surface area contributed by atoms with Crippen LogP contribution in [0.2, 0.25) is 0 Å². The summed E-state index contributed by atoms with van der Waals surface area (Å²) in [6.07, 6.45) is 5.27. The molecule has 2 bridgehead atoms. The summed E-state index contributed by atoms with van der Waals surface area (Å²) in [7, 11) is 0. The van der Waals surface area contributed by atoms with Crippen LogP contribution < -0.4 is 0 Å². The van der Waals surface area contributed by atoms with E-state index in [1.807, 2.05) is 0 Å². The molecule has 2 saturated heterocycles. The van der Waals surface area contributed by atoms with Crippen molar-refractivity contribution in [2.24, 2.45) is 5.92 Å². The molecule has 0 amide bonds. The molecule has 0 saturated carbocycles. The Balaban J connectivity index is 1.89. The summed E-state index contributed by atoms with van der Waals surface area (Å²) in [4.78, 5) is 10.5. The van der Waals surface area contributed by atoms with Crippen molar-refractivity contribution in [1.82, 2.24) is 0 Å². The second-order valence-electron chi connectivity index (χ2n) is 3.89. The summed E-state index contributed by atoms with van der Waals surface area (Å²) in [6, 6.07) is 0. The van der Waals surface area contributed by atoms with E-state index in [1.54, 1.807) is 0 Å². The zero-order chi connectivity index (χ0) is 8.55. The number of hydrogen-bond acceptors (Lipinski definition) is 2. The fraction of sp³-hybridized carbons (Fsp3) is 0.889. The molecule has 0 aliphatic carbocycles. The molecule has 2 aliphatic heterocycles. The van der Waals surface area contributed by atoms with E-state index in [9.17, 15) is 4.79 Å². The van der Waals surface area contributed by atoms with Gasteiger partial charge in [-0.25, -0.2) is 0 Å². The lowest BCUT2D eigenvalue weighted by atomic mass is 9.93. The molecule has 1 N–H and O–H groups in total. The Morgan fingerprint density at radius 3 is 2.42 bits per heavy atom. The summed E-state index contributed by atoms with van der Waals surface area (Å²) in [5, 5.41) is 8.62. The predicted molar refractivity (Wildman–Crippen MR) is 42.9 cm³/mol. The Bertz CT molecular complexity index is 178. The third-order valence-electron chi connectivity index (χ3n) is 2.85. The molecule has 0 aromatic rings. The fourth-order valence-corrected chi connectivity index (χ4v) is 2.38. The number of carboxylic acids is 1. The van der Waals surface area contributed by atoms with E-state index in [0.717, 1.165) is 25.7 Å². The van der Waals surface area contributed by atoms with E-state index in [2.05, 4.69) is 0 Å². The van der Waals surface area contributed by atoms with Gasteiger partial charge in [0.05, 0.1) is 12.2 Å². The van der Waals surface area contributed by atoms with Gasteiger partial charge in [0.15, 0.2) is 0 Å². The second kappa shape index (κ2) is 3.05. The predicted octanol–water partition coefficient (Wildman–Crippen LogP) is 1.42. The van der Waals surface area contributed by atoms with Crippen molar-refractivity contribution in [3.8, 4) is 0 Å². The lowest BCUT2D eigenvalue weighted by Crippen LogP contribution is -2.26. The highest BCUT2D eigenvalue weighted by atomic mass is 16.5. The molecule has 3 nitrogen and oxygen atoms in total. The number of fused-ring (bicyclic) bond motifs is 2. The second-order valence-corrected chi connectivity index (χ2v) is 3.89. The molecule has 12 heavy (non-hydrogen) atoms. The Morgan fingerprint density at radius 2 is 1.92 bits per heavy atom. The molecule has 0 aromatic heterocycles. The molecule has 0 spiro atoms. The molecule has 2 heterocycles. The van der Waals surface area contributed by atoms with Gasteiger partial charge < -0.3 is 9.84 Å². The standard InChI is InChI=1S/C9H14O3/c10-9(11)5-6-3-7-1-2-8(4-6)12-7/h6-8H,1-5H2,(H,10,11)/t6?,7-,8+. The quantitative estimate of drug-likeness (QED) is 0.681. The van der Waals surface area contributed by atoms with Crippen molar-refractivity contribution in [1.29, 1.82) is 0 Å². The van der Waals surface area contributed by atoms with Crippen molar-refractivity contribution in [3.05, 3.63) is 0 Å². The Kier molecular flexibility index (Phi) is 2.05. The van der Waals surface area contributed by atoms with Crippen LogP contribution in [0, 0.1) is 5.92 Å². The normalized spacial score (nSPS) is 39.8. The summed E-state index contributed by atoms with van der Waals surface area (Å²) in [5.74, 6) is -0.296. The van der Waals surface area contributed by atoms with Crippen molar-refractivity contribution in [2.45, 2.75) is 44.3 Å². The number of carbonyl (C=O) groups is 1. The summed E-state index contributed by atoms with van der Waals surface area (Å²) >= 11 is 0. The first-order valence-electron chi connectivity index (χ1n) is 4.61. The van der Waals surface area contributed by atoms with Crippen LogP contribution in [0.4, 0.5) is 0 Å². The number of carboxylic acid groups (broad SMARTS) is 1. The average molecular weight is 170 g/mol. The van der Waals surface area contributed by atoms with E-state index in [0.29, 0.717) is 24.5 Å². The molecule has 0 radical (unpaired) electrons. The molecule has 2 aliphatic rings. The summed E-state index contributed by atoms with van der Waals surface area (Å²) < 4.78 is 5.62. The molecular formula is C9H14O3. The lowest BCUT2D eigenvalue weighted by Gasteiger charge is -2.26. The first kappa shape index (κ1) is 8.05. The number of rotatable bonds is 2. The van der Waals surface area contributed by atoms with Gasteiger partial charge >= 0.3 is 5.97 Å². The zero-order valence-corrected chi connectivity index (χ0v) is 7.03. The molecule has 3 atom stereocenters. The van der Waals surface area contributed by atoms with Crippen molar-refractivity contribution in [2.75, 3.05) is 0 Å². The smallest absolute Gasteiger partial charge is 0.303 e. The number of ether oxygens (including phenoxy) is 1. The van der Waals surface area contributed by atoms with Gasteiger partial charge in [-0.1, -0.05) is 0 Å². The van der Waals surface area contributed by atoms with Crippen LogP contribution in [0.15, 0.2) is 0 Å². The third kappa shape index (κ3) is 1.61. The molecule has 0 aromatic carbocycles. The van der Waals surface area contributed by atoms with Crippen LogP contribution in [0.25, 0.3) is 0 Å². The van der Waals surface area contributed by atoms with E-state index >= 15 is 0 Å². The lowest BCUT2D eigenvalue weighted by molar-refractivity contribution is -0.139. The van der Waals surface area contributed by atoms with Gasteiger partial charge in [0, 0.05) is 6.42 Å². The summed E-state index contributed by atoms with van der Waals surface area (Å²) in [6.45, 7) is 0. The van der Waals surface area contributed by atoms with E-state index < -0.39 is 5.97 Å². The van der Waals surface area contributed by atoms with E-state index in [1.165, 1.54) is 0 Å². The number of aliphatic carboxylic acids is 1. The third-order valence-corrected chi connectivity index (χ3v) is 2.85. The minimum atomic E-state index is -0.665. The molecule has 2 rings (SSSR count). The minimum Gasteiger partial charge on any atom is -0.481 e. The van der Waals surface area contributed by atoms with Crippen LogP contribution in [-0.4, -0.2) is 23.3 Å². The summed E-state index contributed by atoms with van der Waals surface area (Å²) in [5.41, 5.74) is 0. The van der Waals surface area contributed by atoms with Gasteiger partial charge in [0.2, 0.25) is 0 Å². The number of hydrogen-bond donors (Lipinski definition) is 1. The van der Waals surface area contributed by atoms with Crippen LogP contribution in [-0.2, 0) is 9.53 Å². The van der Waals surface area contributed by atoms with Crippen LogP contribution in [0.1, 0.15) is 32.1 Å².